The third kappa shape index (κ3) is 4.13. The highest BCUT2D eigenvalue weighted by molar-refractivity contribution is 6.10. The van der Waals surface area contributed by atoms with Gasteiger partial charge >= 0.3 is 5.97 Å². The molecule has 0 aliphatic heterocycles. The number of carbonyl (C=O) groups is 2. The fourth-order valence-corrected chi connectivity index (χ4v) is 3.81. The monoisotopic (exact) mass is 442 g/mol. The topological polar surface area (TPSA) is 107 Å². The Balaban J connectivity index is 1.62. The quantitative estimate of drug-likeness (QED) is 0.317. The fraction of sp³-hybridized carbons (Fsp3) is 0.240. The van der Waals surface area contributed by atoms with Crippen LogP contribution in [-0.4, -0.2) is 32.7 Å². The van der Waals surface area contributed by atoms with Gasteiger partial charge in [-0.1, -0.05) is 36.4 Å². The number of fused-ring (bicyclic) bond motifs is 2. The van der Waals surface area contributed by atoms with Crippen molar-refractivity contribution in [2.75, 3.05) is 6.61 Å². The first-order chi connectivity index (χ1) is 15.9. The second-order valence-corrected chi connectivity index (χ2v) is 7.90. The predicted molar refractivity (Wildman–Crippen MR) is 123 cm³/mol. The molecule has 2 heterocycles. The van der Waals surface area contributed by atoms with Crippen LogP contribution in [0.2, 0.25) is 0 Å². The second-order valence-electron chi connectivity index (χ2n) is 7.90. The molecule has 33 heavy (non-hydrogen) atoms. The highest BCUT2D eigenvalue weighted by Gasteiger charge is 2.21. The number of aromatic nitrogens is 3. The minimum atomic E-state index is -0.776. The zero-order chi connectivity index (χ0) is 23.5. The molecule has 0 radical (unpaired) electrons. The van der Waals surface area contributed by atoms with E-state index >= 15 is 0 Å². The van der Waals surface area contributed by atoms with Crippen molar-refractivity contribution in [3.63, 3.8) is 0 Å². The molecule has 0 atom stereocenters. The molecule has 2 aromatic heterocycles. The van der Waals surface area contributed by atoms with Gasteiger partial charge in [-0.15, -0.1) is 0 Å². The average Bonchev–Trinajstić information content (AvgIpc) is 3.20. The lowest BCUT2D eigenvalue weighted by atomic mass is 10.1. The first kappa shape index (κ1) is 22.0. The van der Waals surface area contributed by atoms with Crippen LogP contribution >= 0.6 is 0 Å². The van der Waals surface area contributed by atoms with Gasteiger partial charge in [0.15, 0.2) is 12.3 Å². The maximum atomic E-state index is 12.9. The van der Waals surface area contributed by atoms with Gasteiger partial charge in [0.1, 0.15) is 0 Å². The SMILES string of the molecule is CC(C)n1nc(C(=O)OCC(=O)c2cn(CCC#N)c3ccccc23)c2ccccc2c1=O. The van der Waals surface area contributed by atoms with E-state index in [-0.39, 0.29) is 23.1 Å². The van der Waals surface area contributed by atoms with Gasteiger partial charge in [-0.25, -0.2) is 9.48 Å². The Labute approximate surface area is 189 Å². The van der Waals surface area contributed by atoms with E-state index in [1.165, 1.54) is 4.68 Å². The number of benzene rings is 2. The number of nitriles is 1. The molecule has 2 aromatic carbocycles. The molecule has 0 saturated heterocycles. The number of rotatable bonds is 7. The van der Waals surface area contributed by atoms with Crippen LogP contribution in [0.3, 0.4) is 0 Å². The van der Waals surface area contributed by atoms with E-state index in [9.17, 15) is 14.4 Å². The van der Waals surface area contributed by atoms with Crippen molar-refractivity contribution in [1.29, 1.82) is 5.26 Å². The summed E-state index contributed by atoms with van der Waals surface area (Å²) in [6.07, 6.45) is 2.00. The predicted octanol–water partition coefficient (Wildman–Crippen LogP) is 3.89. The number of esters is 1. The number of para-hydroxylation sites is 1. The van der Waals surface area contributed by atoms with Crippen molar-refractivity contribution in [3.05, 3.63) is 76.3 Å². The Bertz CT molecular complexity index is 1470. The van der Waals surface area contributed by atoms with Gasteiger partial charge in [0.2, 0.25) is 5.78 Å². The Kier molecular flexibility index (Phi) is 6.05. The van der Waals surface area contributed by atoms with Crippen LogP contribution in [0.25, 0.3) is 21.7 Å². The molecule has 0 bridgehead atoms. The molecule has 4 rings (SSSR count). The van der Waals surface area contributed by atoms with E-state index < -0.39 is 12.6 Å². The summed E-state index contributed by atoms with van der Waals surface area (Å²) in [4.78, 5) is 38.5. The van der Waals surface area contributed by atoms with Crippen LogP contribution in [0.4, 0.5) is 0 Å². The molecule has 0 amide bonds. The molecule has 0 fully saturated rings. The number of hydrogen-bond acceptors (Lipinski definition) is 6. The Morgan fingerprint density at radius 2 is 1.73 bits per heavy atom. The van der Waals surface area contributed by atoms with Crippen LogP contribution in [-0.2, 0) is 11.3 Å². The van der Waals surface area contributed by atoms with Crippen LogP contribution in [0, 0.1) is 11.3 Å². The van der Waals surface area contributed by atoms with E-state index in [4.69, 9.17) is 10.00 Å². The van der Waals surface area contributed by atoms with Gasteiger partial charge in [-0.3, -0.25) is 9.59 Å². The molecule has 4 aromatic rings. The van der Waals surface area contributed by atoms with Crippen molar-refractivity contribution in [1.82, 2.24) is 14.3 Å². The van der Waals surface area contributed by atoms with Crippen molar-refractivity contribution >= 4 is 33.4 Å². The average molecular weight is 442 g/mol. The molecule has 0 aliphatic rings. The number of aryl methyl sites for hydroxylation is 1. The van der Waals surface area contributed by atoms with Crippen LogP contribution in [0.1, 0.15) is 47.2 Å². The molecular weight excluding hydrogens is 420 g/mol. The summed E-state index contributed by atoms with van der Waals surface area (Å²) in [5.74, 6) is -1.14. The van der Waals surface area contributed by atoms with Gasteiger partial charge in [0, 0.05) is 34.6 Å². The third-order valence-electron chi connectivity index (χ3n) is 5.40. The van der Waals surface area contributed by atoms with Gasteiger partial charge in [0.25, 0.3) is 5.56 Å². The Morgan fingerprint density at radius 3 is 2.42 bits per heavy atom. The van der Waals surface area contributed by atoms with Crippen molar-refractivity contribution in [3.8, 4) is 6.07 Å². The Morgan fingerprint density at radius 1 is 1.06 bits per heavy atom. The van der Waals surface area contributed by atoms with Crippen molar-refractivity contribution in [2.45, 2.75) is 32.9 Å². The fourth-order valence-electron chi connectivity index (χ4n) is 3.81. The zero-order valence-electron chi connectivity index (χ0n) is 18.3. The summed E-state index contributed by atoms with van der Waals surface area (Å²) in [6, 6.07) is 15.9. The molecule has 166 valence electrons. The summed E-state index contributed by atoms with van der Waals surface area (Å²) < 4.78 is 8.43. The highest BCUT2D eigenvalue weighted by Crippen LogP contribution is 2.23. The standard InChI is InChI=1S/C25H22N4O4/c1-16(2)29-24(31)19-10-4-3-9-18(19)23(27-29)25(32)33-15-22(30)20-14-28(13-7-12-26)21-11-6-5-8-17(20)21/h3-6,8-11,14,16H,7,13,15H2,1-2H3. The smallest absolute Gasteiger partial charge is 0.359 e. The van der Waals surface area contributed by atoms with Crippen LogP contribution < -0.4 is 5.56 Å². The summed E-state index contributed by atoms with van der Waals surface area (Å²) in [5, 5.41) is 14.6. The number of carbonyl (C=O) groups excluding carboxylic acids is 2. The summed E-state index contributed by atoms with van der Waals surface area (Å²) in [5.41, 5.74) is 0.946. The lowest BCUT2D eigenvalue weighted by molar-refractivity contribution is 0.0468. The molecule has 0 saturated carbocycles. The van der Waals surface area contributed by atoms with E-state index in [0.29, 0.717) is 29.3 Å². The maximum Gasteiger partial charge on any atom is 0.359 e. The van der Waals surface area contributed by atoms with Gasteiger partial charge in [-0.2, -0.15) is 10.4 Å². The second kappa shape index (κ2) is 9.09. The summed E-state index contributed by atoms with van der Waals surface area (Å²) in [6.45, 7) is 3.58. The highest BCUT2D eigenvalue weighted by atomic mass is 16.5. The molecular formula is C25H22N4O4. The lowest BCUT2D eigenvalue weighted by Gasteiger charge is -2.13. The molecule has 0 N–H and O–H groups in total. The van der Waals surface area contributed by atoms with Gasteiger partial charge in [0.05, 0.1) is 23.9 Å². The zero-order valence-corrected chi connectivity index (χ0v) is 18.3. The number of Topliss-reactive ketones (excluding diaryl/α,β-unsaturated/α-hetero) is 1. The number of ether oxygens (including phenoxy) is 1. The van der Waals surface area contributed by atoms with E-state index in [0.717, 1.165) is 10.9 Å². The lowest BCUT2D eigenvalue weighted by Crippen LogP contribution is -2.28. The molecule has 0 spiro atoms. The molecule has 8 heteroatoms. The Hall–Kier alpha value is -4.25. The summed E-state index contributed by atoms with van der Waals surface area (Å²) in [7, 11) is 0. The first-order valence-electron chi connectivity index (χ1n) is 10.6. The normalized spacial score (nSPS) is 11.1. The first-order valence-corrected chi connectivity index (χ1v) is 10.6. The van der Waals surface area contributed by atoms with Crippen LogP contribution in [0.15, 0.2) is 59.5 Å². The van der Waals surface area contributed by atoms with Crippen molar-refractivity contribution < 1.29 is 14.3 Å². The summed E-state index contributed by atoms with van der Waals surface area (Å²) >= 11 is 0. The minimum Gasteiger partial charge on any atom is -0.452 e. The van der Waals surface area contributed by atoms with E-state index in [1.807, 2.05) is 28.8 Å². The molecule has 0 aliphatic carbocycles. The van der Waals surface area contributed by atoms with E-state index in [2.05, 4.69) is 11.2 Å². The van der Waals surface area contributed by atoms with E-state index in [1.54, 1.807) is 44.3 Å². The number of nitrogens with zero attached hydrogens (tertiary/aromatic N) is 4. The maximum absolute atomic E-state index is 12.9. The molecule has 8 nitrogen and oxygen atoms in total. The molecule has 0 unspecified atom stereocenters. The number of ketones is 1. The van der Waals surface area contributed by atoms with Gasteiger partial charge < -0.3 is 9.30 Å². The van der Waals surface area contributed by atoms with Crippen molar-refractivity contribution in [2.24, 2.45) is 0 Å². The largest absolute Gasteiger partial charge is 0.452 e. The third-order valence-corrected chi connectivity index (χ3v) is 5.40. The van der Waals surface area contributed by atoms with Crippen LogP contribution in [0.5, 0.6) is 0 Å². The van der Waals surface area contributed by atoms with Gasteiger partial charge in [-0.05, 0) is 26.0 Å². The minimum absolute atomic E-state index is 0.0110. The number of hydrogen-bond donors (Lipinski definition) is 0.